The number of nitrogens with zero attached hydrogens (tertiary/aromatic N) is 1. The van der Waals surface area contributed by atoms with Crippen molar-refractivity contribution < 1.29 is 9.59 Å². The third-order valence-corrected chi connectivity index (χ3v) is 5.30. The van der Waals surface area contributed by atoms with Crippen LogP contribution in [0, 0.1) is 0 Å². The molecule has 0 spiro atoms. The topological polar surface area (TPSA) is 61.4 Å². The second kappa shape index (κ2) is 10.0. The molecule has 0 heterocycles. The van der Waals surface area contributed by atoms with Crippen LogP contribution in [0.2, 0.25) is 0 Å². The molecule has 0 fully saturated rings. The number of rotatable bonds is 8. The fraction of sp³-hybridized carbons (Fsp3) is 0.280. The van der Waals surface area contributed by atoms with Crippen molar-refractivity contribution in [1.82, 2.24) is 10.2 Å². The van der Waals surface area contributed by atoms with E-state index in [0.29, 0.717) is 24.3 Å². The Morgan fingerprint density at radius 2 is 1.63 bits per heavy atom. The van der Waals surface area contributed by atoms with Gasteiger partial charge < -0.3 is 15.5 Å². The molecule has 3 rings (SSSR count). The van der Waals surface area contributed by atoms with Crippen molar-refractivity contribution in [2.45, 2.75) is 26.8 Å². The molecule has 0 aliphatic heterocycles. The lowest BCUT2D eigenvalue weighted by Gasteiger charge is -2.19. The minimum atomic E-state index is -0.144. The molecular formula is C25H29N3O2. The maximum absolute atomic E-state index is 12.5. The van der Waals surface area contributed by atoms with E-state index in [0.717, 1.165) is 5.56 Å². The molecule has 3 aromatic rings. The summed E-state index contributed by atoms with van der Waals surface area (Å²) < 4.78 is 0. The van der Waals surface area contributed by atoms with Crippen LogP contribution in [0.3, 0.4) is 0 Å². The lowest BCUT2D eigenvalue weighted by atomic mass is 10.00. The zero-order valence-corrected chi connectivity index (χ0v) is 17.8. The fourth-order valence-corrected chi connectivity index (χ4v) is 3.61. The molecule has 0 radical (unpaired) electrons. The molecule has 0 saturated carbocycles. The fourth-order valence-electron chi connectivity index (χ4n) is 3.61. The number of anilines is 1. The van der Waals surface area contributed by atoms with Crippen LogP contribution in [-0.2, 0) is 4.79 Å². The van der Waals surface area contributed by atoms with Crippen LogP contribution in [0.1, 0.15) is 42.7 Å². The summed E-state index contributed by atoms with van der Waals surface area (Å²) in [7, 11) is 0. The van der Waals surface area contributed by atoms with Crippen LogP contribution in [0.15, 0.2) is 66.7 Å². The molecule has 1 atom stereocenters. The number of hydrogen-bond donors (Lipinski definition) is 2. The third kappa shape index (κ3) is 5.05. The van der Waals surface area contributed by atoms with E-state index in [9.17, 15) is 9.59 Å². The largest absolute Gasteiger partial charge is 0.339 e. The van der Waals surface area contributed by atoms with E-state index in [1.165, 1.54) is 10.8 Å². The van der Waals surface area contributed by atoms with Gasteiger partial charge in [0.2, 0.25) is 5.91 Å². The first-order chi connectivity index (χ1) is 14.5. The number of nitrogens with one attached hydrogen (secondary N) is 2. The highest BCUT2D eigenvalue weighted by molar-refractivity contribution is 5.97. The average Bonchev–Trinajstić information content (AvgIpc) is 2.78. The first-order valence-corrected chi connectivity index (χ1v) is 10.4. The van der Waals surface area contributed by atoms with Gasteiger partial charge in [-0.05, 0) is 55.3 Å². The minimum absolute atomic E-state index is 0.0254. The molecule has 5 heteroatoms. The van der Waals surface area contributed by atoms with E-state index in [1.807, 2.05) is 32.0 Å². The number of carbonyl (C=O) groups excluding carboxylic acids is 2. The van der Waals surface area contributed by atoms with Crippen LogP contribution in [0.5, 0.6) is 0 Å². The molecule has 156 valence electrons. The maximum atomic E-state index is 12.5. The van der Waals surface area contributed by atoms with Crippen LogP contribution < -0.4 is 10.6 Å². The molecule has 0 bridgehead atoms. The molecule has 0 aliphatic carbocycles. The average molecular weight is 404 g/mol. The summed E-state index contributed by atoms with van der Waals surface area (Å²) in [5, 5.41) is 8.55. The lowest BCUT2D eigenvalue weighted by Crippen LogP contribution is -2.31. The van der Waals surface area contributed by atoms with Crippen molar-refractivity contribution in [2.24, 2.45) is 0 Å². The van der Waals surface area contributed by atoms with Gasteiger partial charge in [-0.25, -0.2) is 0 Å². The monoisotopic (exact) mass is 403 g/mol. The first-order valence-electron chi connectivity index (χ1n) is 10.4. The van der Waals surface area contributed by atoms with E-state index >= 15 is 0 Å². The number of fused-ring (bicyclic) bond motifs is 1. The molecule has 0 aromatic heterocycles. The summed E-state index contributed by atoms with van der Waals surface area (Å²) in [6.07, 6.45) is 0. The van der Waals surface area contributed by atoms with Gasteiger partial charge in [-0.15, -0.1) is 0 Å². The highest BCUT2D eigenvalue weighted by atomic mass is 16.2. The highest BCUT2D eigenvalue weighted by Crippen LogP contribution is 2.24. The summed E-state index contributed by atoms with van der Waals surface area (Å²) in [6, 6.07) is 21.6. The van der Waals surface area contributed by atoms with Gasteiger partial charge in [0.05, 0.1) is 6.54 Å². The van der Waals surface area contributed by atoms with Crippen molar-refractivity contribution in [2.75, 3.05) is 25.0 Å². The minimum Gasteiger partial charge on any atom is -0.339 e. The number of amides is 2. The Hall–Kier alpha value is -3.18. The van der Waals surface area contributed by atoms with Crippen molar-refractivity contribution in [3.05, 3.63) is 77.9 Å². The van der Waals surface area contributed by atoms with Gasteiger partial charge in [0.25, 0.3) is 5.91 Å². The normalized spacial score (nSPS) is 11.8. The smallest absolute Gasteiger partial charge is 0.253 e. The van der Waals surface area contributed by atoms with Crippen molar-refractivity contribution in [3.8, 4) is 0 Å². The molecule has 5 nitrogen and oxygen atoms in total. The second-order valence-electron chi connectivity index (χ2n) is 7.28. The Morgan fingerprint density at radius 3 is 2.40 bits per heavy atom. The number of hydrogen-bond acceptors (Lipinski definition) is 3. The predicted molar refractivity (Wildman–Crippen MR) is 123 cm³/mol. The van der Waals surface area contributed by atoms with Crippen LogP contribution in [0.4, 0.5) is 5.69 Å². The lowest BCUT2D eigenvalue weighted by molar-refractivity contribution is -0.115. The van der Waals surface area contributed by atoms with Crippen molar-refractivity contribution >= 4 is 28.3 Å². The van der Waals surface area contributed by atoms with Gasteiger partial charge >= 0.3 is 0 Å². The van der Waals surface area contributed by atoms with Gasteiger partial charge in [-0.1, -0.05) is 48.5 Å². The zero-order chi connectivity index (χ0) is 21.5. The summed E-state index contributed by atoms with van der Waals surface area (Å²) >= 11 is 0. The molecular weight excluding hydrogens is 374 g/mol. The van der Waals surface area contributed by atoms with Crippen molar-refractivity contribution in [1.29, 1.82) is 0 Å². The third-order valence-electron chi connectivity index (χ3n) is 5.30. The quantitative estimate of drug-likeness (QED) is 0.577. The Bertz CT molecular complexity index is 1020. The van der Waals surface area contributed by atoms with Gasteiger partial charge in [0, 0.05) is 30.4 Å². The first kappa shape index (κ1) is 21.5. The highest BCUT2D eigenvalue weighted by Gasteiger charge is 2.14. The molecule has 2 amide bonds. The van der Waals surface area contributed by atoms with E-state index < -0.39 is 0 Å². The molecule has 2 N–H and O–H groups in total. The molecule has 30 heavy (non-hydrogen) atoms. The Kier molecular flexibility index (Phi) is 7.20. The van der Waals surface area contributed by atoms with E-state index in [4.69, 9.17) is 0 Å². The molecule has 3 aromatic carbocycles. The Morgan fingerprint density at radius 1 is 0.933 bits per heavy atom. The summed E-state index contributed by atoms with van der Waals surface area (Å²) in [5.74, 6) is -0.173. The zero-order valence-electron chi connectivity index (χ0n) is 17.8. The van der Waals surface area contributed by atoms with E-state index in [2.05, 4.69) is 41.8 Å². The molecule has 0 saturated heterocycles. The van der Waals surface area contributed by atoms with Crippen molar-refractivity contribution in [3.63, 3.8) is 0 Å². The number of carbonyl (C=O) groups is 2. The summed E-state index contributed by atoms with van der Waals surface area (Å²) in [6.45, 7) is 7.45. The standard InChI is InChI=1S/C25H29N3O2/c1-4-28(5-2)25(30)20-12-8-13-21(16-20)27-24(29)17-26-18(3)22-15-9-11-19-10-6-7-14-23(19)22/h6-16,18,26H,4-5,17H2,1-3H3,(H,27,29)/t18-/m1/s1. The van der Waals surface area contributed by atoms with Gasteiger partial charge in [-0.3, -0.25) is 9.59 Å². The van der Waals surface area contributed by atoms with Gasteiger partial charge in [0.1, 0.15) is 0 Å². The predicted octanol–water partition coefficient (Wildman–Crippen LogP) is 4.61. The van der Waals surface area contributed by atoms with Crippen LogP contribution in [-0.4, -0.2) is 36.3 Å². The summed E-state index contributed by atoms with van der Waals surface area (Å²) in [4.78, 5) is 26.8. The molecule has 0 aliphatic rings. The van der Waals surface area contributed by atoms with E-state index in [1.54, 1.807) is 29.2 Å². The second-order valence-corrected chi connectivity index (χ2v) is 7.28. The number of benzene rings is 3. The Labute approximate surface area is 178 Å². The van der Waals surface area contributed by atoms with Crippen LogP contribution >= 0.6 is 0 Å². The maximum Gasteiger partial charge on any atom is 0.253 e. The van der Waals surface area contributed by atoms with Gasteiger partial charge in [0.15, 0.2) is 0 Å². The van der Waals surface area contributed by atoms with E-state index in [-0.39, 0.29) is 24.4 Å². The molecule has 0 unspecified atom stereocenters. The SMILES string of the molecule is CCN(CC)C(=O)c1cccc(NC(=O)CN[C@H](C)c2cccc3ccccc23)c1. The van der Waals surface area contributed by atoms with Crippen LogP contribution in [0.25, 0.3) is 10.8 Å². The summed E-state index contributed by atoms with van der Waals surface area (Å²) in [5.41, 5.74) is 2.36. The Balaban J connectivity index is 1.62. The van der Waals surface area contributed by atoms with Gasteiger partial charge in [-0.2, -0.15) is 0 Å².